The Labute approximate surface area is 157 Å². The number of nitrogens with one attached hydrogen (secondary N) is 1. The number of rotatable bonds is 5. The standard InChI is InChI=1S/C21H21N3O3/c1-4-27-20-10-9-19-17(11-16(20)13(2)25)18(12-22)21(24(19)3)14-5-7-15(23-26)8-6-14/h5-9,11,23,26H,4,10H2,1-3H3. The van der Waals surface area contributed by atoms with Gasteiger partial charge in [0.25, 0.3) is 0 Å². The molecule has 3 rings (SSSR count). The van der Waals surface area contributed by atoms with Crippen LogP contribution in [-0.2, 0) is 16.6 Å². The zero-order valence-electron chi connectivity index (χ0n) is 15.5. The van der Waals surface area contributed by atoms with Gasteiger partial charge in [-0.1, -0.05) is 18.2 Å². The molecule has 0 aliphatic heterocycles. The van der Waals surface area contributed by atoms with E-state index in [9.17, 15) is 10.1 Å². The summed E-state index contributed by atoms with van der Waals surface area (Å²) in [6.07, 6.45) is 4.24. The van der Waals surface area contributed by atoms with Gasteiger partial charge in [-0.3, -0.25) is 15.5 Å². The molecule has 0 saturated heterocycles. The number of hydrogen-bond acceptors (Lipinski definition) is 5. The van der Waals surface area contributed by atoms with E-state index in [4.69, 9.17) is 9.94 Å². The van der Waals surface area contributed by atoms with Crippen LogP contribution in [0.15, 0.2) is 35.6 Å². The van der Waals surface area contributed by atoms with Crippen LogP contribution in [0.2, 0.25) is 0 Å². The highest BCUT2D eigenvalue weighted by Crippen LogP contribution is 2.24. The number of nitrogens with zero attached hydrogens (tertiary/aromatic N) is 2. The lowest BCUT2D eigenvalue weighted by Crippen LogP contribution is -2.28. The molecule has 0 bridgehead atoms. The van der Waals surface area contributed by atoms with E-state index in [2.05, 4.69) is 11.5 Å². The van der Waals surface area contributed by atoms with Crippen LogP contribution in [0.5, 0.6) is 0 Å². The third-order valence-corrected chi connectivity index (χ3v) is 4.65. The van der Waals surface area contributed by atoms with Gasteiger partial charge in [-0.15, -0.1) is 0 Å². The van der Waals surface area contributed by atoms with Crippen molar-refractivity contribution in [1.29, 1.82) is 5.26 Å². The van der Waals surface area contributed by atoms with Crippen LogP contribution >= 0.6 is 0 Å². The summed E-state index contributed by atoms with van der Waals surface area (Å²) in [5.74, 6) is 0.539. The molecule has 1 heterocycles. The lowest BCUT2D eigenvalue weighted by atomic mass is 10.0. The summed E-state index contributed by atoms with van der Waals surface area (Å²) >= 11 is 0. The summed E-state index contributed by atoms with van der Waals surface area (Å²) in [6.45, 7) is 3.87. The smallest absolute Gasteiger partial charge is 0.163 e. The minimum atomic E-state index is -0.0904. The highest BCUT2D eigenvalue weighted by Gasteiger charge is 2.19. The largest absolute Gasteiger partial charge is 0.497 e. The number of benzene rings is 1. The van der Waals surface area contributed by atoms with Gasteiger partial charge in [-0.25, -0.2) is 0 Å². The summed E-state index contributed by atoms with van der Waals surface area (Å²) in [7, 11) is 1.90. The van der Waals surface area contributed by atoms with Crippen molar-refractivity contribution in [3.63, 3.8) is 0 Å². The lowest BCUT2D eigenvalue weighted by Gasteiger charge is -2.09. The average molecular weight is 363 g/mol. The van der Waals surface area contributed by atoms with Gasteiger partial charge < -0.3 is 9.30 Å². The monoisotopic (exact) mass is 363 g/mol. The van der Waals surface area contributed by atoms with E-state index in [-0.39, 0.29) is 5.78 Å². The Balaban J connectivity index is 2.30. The van der Waals surface area contributed by atoms with Crippen molar-refractivity contribution in [2.24, 2.45) is 7.05 Å². The van der Waals surface area contributed by atoms with Crippen LogP contribution < -0.4 is 16.0 Å². The first-order valence-electron chi connectivity index (χ1n) is 8.69. The molecule has 0 atom stereocenters. The normalized spacial score (nSPS) is 13.0. The van der Waals surface area contributed by atoms with E-state index in [1.54, 1.807) is 18.2 Å². The van der Waals surface area contributed by atoms with Crippen molar-refractivity contribution >= 4 is 23.6 Å². The first kappa shape index (κ1) is 18.5. The van der Waals surface area contributed by atoms with E-state index >= 15 is 0 Å². The predicted molar refractivity (Wildman–Crippen MR) is 103 cm³/mol. The summed E-state index contributed by atoms with van der Waals surface area (Å²) in [5, 5.41) is 20.5. The third-order valence-electron chi connectivity index (χ3n) is 4.65. The number of fused-ring (bicyclic) bond motifs is 1. The van der Waals surface area contributed by atoms with Gasteiger partial charge in [0.05, 0.1) is 29.1 Å². The van der Waals surface area contributed by atoms with E-state index in [0.717, 1.165) is 21.8 Å². The Kier molecular flexibility index (Phi) is 5.15. The number of Topliss-reactive ketones (excluding diaryl/α,β-unsaturated/α-hetero) is 1. The van der Waals surface area contributed by atoms with Crippen LogP contribution in [0.25, 0.3) is 23.4 Å². The number of carbonyl (C=O) groups excluding carboxylic acids is 1. The number of anilines is 1. The minimum absolute atomic E-state index is 0.0904. The first-order chi connectivity index (χ1) is 13.0. The molecule has 0 spiro atoms. The summed E-state index contributed by atoms with van der Waals surface area (Å²) in [4.78, 5) is 12.2. The highest BCUT2D eigenvalue weighted by atomic mass is 16.5. The minimum Gasteiger partial charge on any atom is -0.497 e. The van der Waals surface area contributed by atoms with Gasteiger partial charge in [0.15, 0.2) is 5.78 Å². The molecule has 0 radical (unpaired) electrons. The Morgan fingerprint density at radius 2 is 2.07 bits per heavy atom. The second-order valence-corrected chi connectivity index (χ2v) is 6.26. The van der Waals surface area contributed by atoms with Crippen molar-refractivity contribution in [3.05, 3.63) is 51.7 Å². The summed E-state index contributed by atoms with van der Waals surface area (Å²) in [6, 6.07) is 9.43. The van der Waals surface area contributed by atoms with Crippen LogP contribution in [0, 0.1) is 11.3 Å². The third kappa shape index (κ3) is 3.25. The molecular weight excluding hydrogens is 342 g/mol. The van der Waals surface area contributed by atoms with Crippen LogP contribution in [-0.4, -0.2) is 22.2 Å². The molecule has 6 nitrogen and oxygen atoms in total. The van der Waals surface area contributed by atoms with Gasteiger partial charge in [-0.05, 0) is 37.6 Å². The van der Waals surface area contributed by atoms with Crippen molar-refractivity contribution < 1.29 is 14.7 Å². The van der Waals surface area contributed by atoms with Crippen LogP contribution in [0.3, 0.4) is 0 Å². The van der Waals surface area contributed by atoms with E-state index < -0.39 is 0 Å². The molecule has 6 heteroatoms. The maximum absolute atomic E-state index is 12.2. The average Bonchev–Trinajstić information content (AvgIpc) is 2.80. The maximum Gasteiger partial charge on any atom is 0.163 e. The number of ether oxygens (including phenoxy) is 1. The molecule has 1 aliphatic carbocycles. The van der Waals surface area contributed by atoms with Crippen LogP contribution in [0.1, 0.15) is 25.8 Å². The predicted octanol–water partition coefficient (Wildman–Crippen LogP) is 2.21. The Morgan fingerprint density at radius 1 is 1.37 bits per heavy atom. The van der Waals surface area contributed by atoms with Gasteiger partial charge >= 0.3 is 0 Å². The molecule has 1 aliphatic rings. The molecule has 0 amide bonds. The van der Waals surface area contributed by atoms with Crippen LogP contribution in [0.4, 0.5) is 5.69 Å². The van der Waals surface area contributed by atoms with Gasteiger partial charge in [0.1, 0.15) is 11.8 Å². The zero-order valence-corrected chi connectivity index (χ0v) is 15.5. The van der Waals surface area contributed by atoms with Gasteiger partial charge in [0, 0.05) is 24.0 Å². The number of ketones is 1. The van der Waals surface area contributed by atoms with Crippen molar-refractivity contribution in [1.82, 2.24) is 4.57 Å². The van der Waals surface area contributed by atoms with Crippen molar-refractivity contribution in [3.8, 4) is 17.3 Å². The Bertz CT molecular complexity index is 1080. The van der Waals surface area contributed by atoms with E-state index in [0.29, 0.717) is 35.6 Å². The number of nitriles is 1. The number of allylic oxidation sites excluding steroid dienone is 2. The maximum atomic E-state index is 12.2. The van der Waals surface area contributed by atoms with E-state index in [1.807, 2.05) is 36.7 Å². The molecule has 0 unspecified atom stereocenters. The fourth-order valence-corrected chi connectivity index (χ4v) is 3.40. The topological polar surface area (TPSA) is 87.3 Å². The van der Waals surface area contributed by atoms with Gasteiger partial charge in [0.2, 0.25) is 0 Å². The van der Waals surface area contributed by atoms with Gasteiger partial charge in [-0.2, -0.15) is 5.26 Å². The Hall–Kier alpha value is -3.30. The zero-order chi connectivity index (χ0) is 19.6. The number of aromatic nitrogens is 1. The molecule has 138 valence electrons. The molecule has 0 saturated carbocycles. The molecular formula is C21H21N3O3. The quantitative estimate of drug-likeness (QED) is 0.796. The molecule has 1 aromatic carbocycles. The second kappa shape index (κ2) is 7.52. The lowest BCUT2D eigenvalue weighted by molar-refractivity contribution is -0.113. The fraction of sp³-hybridized carbons (Fsp3) is 0.238. The van der Waals surface area contributed by atoms with E-state index in [1.165, 1.54) is 6.92 Å². The second-order valence-electron chi connectivity index (χ2n) is 6.26. The van der Waals surface area contributed by atoms with Crippen molar-refractivity contribution in [2.75, 3.05) is 12.1 Å². The summed E-state index contributed by atoms with van der Waals surface area (Å²) < 4.78 is 7.62. The van der Waals surface area contributed by atoms with Crippen molar-refractivity contribution in [2.45, 2.75) is 20.3 Å². The molecule has 2 aromatic rings. The first-order valence-corrected chi connectivity index (χ1v) is 8.69. The SMILES string of the molecule is CCOC1=C(C(C)=O)C=c2c(C#N)c(-c3ccc(NO)cc3)n(C)c2=CC1. The molecule has 0 fully saturated rings. The Morgan fingerprint density at radius 3 is 2.63 bits per heavy atom. The highest BCUT2D eigenvalue weighted by molar-refractivity contribution is 6.02. The number of hydrogen-bond donors (Lipinski definition) is 2. The summed E-state index contributed by atoms with van der Waals surface area (Å²) in [5.41, 5.74) is 5.28. The molecule has 1 aromatic heterocycles. The molecule has 2 N–H and O–H groups in total. The number of carbonyl (C=O) groups is 1. The molecule has 27 heavy (non-hydrogen) atoms. The fourth-order valence-electron chi connectivity index (χ4n) is 3.40.